The summed E-state index contributed by atoms with van der Waals surface area (Å²) in [6, 6.07) is 2.33. The molecule has 0 bridgehead atoms. The largest absolute Gasteiger partial charge is 0.481 e. The lowest BCUT2D eigenvalue weighted by atomic mass is 9.89. The van der Waals surface area contributed by atoms with Crippen molar-refractivity contribution >= 4 is 5.97 Å². The van der Waals surface area contributed by atoms with Crippen molar-refractivity contribution in [1.29, 1.82) is 0 Å². The van der Waals surface area contributed by atoms with Gasteiger partial charge < -0.3 is 9.84 Å². The van der Waals surface area contributed by atoms with E-state index in [0.29, 0.717) is 25.2 Å². The van der Waals surface area contributed by atoms with E-state index in [-0.39, 0.29) is 18.1 Å². The van der Waals surface area contributed by atoms with Gasteiger partial charge in [-0.1, -0.05) is 6.07 Å². The van der Waals surface area contributed by atoms with Crippen molar-refractivity contribution in [2.45, 2.75) is 43.9 Å². The molecule has 2 unspecified atom stereocenters. The molecule has 2 rings (SSSR count). The lowest BCUT2D eigenvalue weighted by Gasteiger charge is -2.25. The third kappa shape index (κ3) is 3.97. The number of halogens is 4. The maximum Gasteiger partial charge on any atom is 0.419 e. The highest BCUT2D eigenvalue weighted by molar-refractivity contribution is 5.76. The number of carbonyl (C=O) groups is 1. The highest BCUT2D eigenvalue weighted by Crippen LogP contribution is 2.35. The van der Waals surface area contributed by atoms with Crippen LogP contribution in [0.5, 0.6) is 0 Å². The quantitative estimate of drug-likeness (QED) is 0.854. The van der Waals surface area contributed by atoms with Gasteiger partial charge in [0.05, 0.1) is 17.6 Å². The zero-order chi connectivity index (χ0) is 16.3. The van der Waals surface area contributed by atoms with E-state index in [9.17, 15) is 27.5 Å². The molecule has 0 aromatic heterocycles. The Kier molecular flexibility index (Phi) is 5.05. The Morgan fingerprint density at radius 3 is 2.64 bits per heavy atom. The number of benzene rings is 1. The highest BCUT2D eigenvalue weighted by Gasteiger charge is 2.36. The third-order valence-corrected chi connectivity index (χ3v) is 3.77. The van der Waals surface area contributed by atoms with E-state index in [1.807, 2.05) is 0 Å². The number of rotatable bonds is 4. The number of hydrogen-bond donors (Lipinski definition) is 1. The fourth-order valence-electron chi connectivity index (χ4n) is 2.61. The van der Waals surface area contributed by atoms with E-state index >= 15 is 0 Å². The molecule has 7 heteroatoms. The molecule has 1 N–H and O–H groups in total. The van der Waals surface area contributed by atoms with Crippen molar-refractivity contribution in [1.82, 2.24) is 0 Å². The fraction of sp³-hybridized carbons (Fsp3) is 0.533. The first-order valence-electron chi connectivity index (χ1n) is 7.00. The summed E-state index contributed by atoms with van der Waals surface area (Å²) in [7, 11) is 0. The minimum atomic E-state index is -4.86. The molecule has 1 aromatic carbocycles. The average Bonchev–Trinajstić information content (AvgIpc) is 2.45. The fourth-order valence-corrected chi connectivity index (χ4v) is 2.61. The molecule has 1 aliphatic rings. The predicted octanol–water partition coefficient (Wildman–Crippen LogP) is 3.97. The molecule has 0 radical (unpaired) electrons. The van der Waals surface area contributed by atoms with Crippen LogP contribution in [0, 0.1) is 5.82 Å². The summed E-state index contributed by atoms with van der Waals surface area (Å²) in [4.78, 5) is 11.4. The van der Waals surface area contributed by atoms with Crippen LogP contribution in [0.15, 0.2) is 18.2 Å². The van der Waals surface area contributed by atoms with Crippen LogP contribution in [-0.4, -0.2) is 23.8 Å². The van der Waals surface area contributed by atoms with E-state index in [0.717, 1.165) is 18.9 Å². The normalized spacial score (nSPS) is 20.6. The Morgan fingerprint density at radius 1 is 1.36 bits per heavy atom. The molecular formula is C15H16F4O3. The molecule has 22 heavy (non-hydrogen) atoms. The lowest BCUT2D eigenvalue weighted by Crippen LogP contribution is -2.25. The van der Waals surface area contributed by atoms with Crippen LogP contribution in [0.1, 0.15) is 42.7 Å². The summed E-state index contributed by atoms with van der Waals surface area (Å²) in [6.45, 7) is 0.522. The van der Waals surface area contributed by atoms with Gasteiger partial charge in [0.15, 0.2) is 0 Å². The SMILES string of the molecule is O=C(O)C(CC1CCCCO1)c1ccc(F)c(C(F)(F)F)c1. The molecule has 122 valence electrons. The highest BCUT2D eigenvalue weighted by atomic mass is 19.4. The number of carboxylic acid groups (broad SMARTS) is 1. The molecule has 2 atom stereocenters. The summed E-state index contributed by atoms with van der Waals surface area (Å²) in [6.07, 6.45) is -2.61. The molecule has 0 saturated carbocycles. The van der Waals surface area contributed by atoms with Crippen molar-refractivity contribution in [3.8, 4) is 0 Å². The van der Waals surface area contributed by atoms with Crippen LogP contribution in [0.3, 0.4) is 0 Å². The van der Waals surface area contributed by atoms with Gasteiger partial charge in [-0.15, -0.1) is 0 Å². The van der Waals surface area contributed by atoms with E-state index in [4.69, 9.17) is 4.74 Å². The standard InChI is InChI=1S/C15H16F4O3/c16-13-5-4-9(7-12(13)15(17,18)19)11(14(20)21)8-10-3-1-2-6-22-10/h4-5,7,10-11H,1-3,6,8H2,(H,20,21). The van der Waals surface area contributed by atoms with Crippen LogP contribution in [0.2, 0.25) is 0 Å². The molecule has 0 aliphatic carbocycles. The van der Waals surface area contributed by atoms with Crippen LogP contribution >= 0.6 is 0 Å². The van der Waals surface area contributed by atoms with Crippen LogP contribution in [0.4, 0.5) is 17.6 Å². The Bertz CT molecular complexity index is 536. The minimum Gasteiger partial charge on any atom is -0.481 e. The molecule has 1 saturated heterocycles. The second-order valence-electron chi connectivity index (χ2n) is 5.35. The van der Waals surface area contributed by atoms with Gasteiger partial charge in [0.25, 0.3) is 0 Å². The second kappa shape index (κ2) is 6.64. The summed E-state index contributed by atoms with van der Waals surface area (Å²) >= 11 is 0. The van der Waals surface area contributed by atoms with Crippen molar-refractivity contribution < 1.29 is 32.2 Å². The van der Waals surface area contributed by atoms with Crippen molar-refractivity contribution in [2.75, 3.05) is 6.61 Å². The lowest BCUT2D eigenvalue weighted by molar-refractivity contribution is -0.142. The van der Waals surface area contributed by atoms with Crippen molar-refractivity contribution in [3.05, 3.63) is 35.1 Å². The van der Waals surface area contributed by atoms with Gasteiger partial charge in [-0.3, -0.25) is 4.79 Å². The molecule has 0 amide bonds. The number of aliphatic carboxylic acids is 1. The summed E-state index contributed by atoms with van der Waals surface area (Å²) in [5.41, 5.74) is -1.50. The van der Waals surface area contributed by atoms with Crippen LogP contribution in [0.25, 0.3) is 0 Å². The number of ether oxygens (including phenoxy) is 1. The van der Waals surface area contributed by atoms with Gasteiger partial charge in [0, 0.05) is 6.61 Å². The monoisotopic (exact) mass is 320 g/mol. The average molecular weight is 320 g/mol. The number of alkyl halides is 3. The van der Waals surface area contributed by atoms with Gasteiger partial charge >= 0.3 is 12.1 Å². The number of hydrogen-bond acceptors (Lipinski definition) is 2. The minimum absolute atomic E-state index is 0.0598. The molecule has 1 aromatic rings. The Balaban J connectivity index is 2.26. The van der Waals surface area contributed by atoms with Gasteiger partial charge in [-0.25, -0.2) is 4.39 Å². The predicted molar refractivity (Wildman–Crippen MR) is 70.0 cm³/mol. The number of carboxylic acids is 1. The zero-order valence-corrected chi connectivity index (χ0v) is 11.7. The first-order valence-corrected chi connectivity index (χ1v) is 7.00. The maximum absolute atomic E-state index is 13.3. The van der Waals surface area contributed by atoms with Gasteiger partial charge in [-0.2, -0.15) is 13.2 Å². The van der Waals surface area contributed by atoms with Crippen molar-refractivity contribution in [2.24, 2.45) is 0 Å². The third-order valence-electron chi connectivity index (χ3n) is 3.77. The summed E-state index contributed by atoms with van der Waals surface area (Å²) < 4.78 is 57.0. The topological polar surface area (TPSA) is 46.5 Å². The van der Waals surface area contributed by atoms with Crippen LogP contribution in [-0.2, 0) is 15.7 Å². The summed E-state index contributed by atoms with van der Waals surface area (Å²) in [5.74, 6) is -3.80. The Hall–Kier alpha value is -1.63. The van der Waals surface area contributed by atoms with Gasteiger partial charge in [0.2, 0.25) is 0 Å². The zero-order valence-electron chi connectivity index (χ0n) is 11.7. The van der Waals surface area contributed by atoms with Gasteiger partial charge in [-0.05, 0) is 43.4 Å². The first-order chi connectivity index (χ1) is 10.3. The molecule has 1 fully saturated rings. The molecule has 1 heterocycles. The van der Waals surface area contributed by atoms with E-state index in [1.54, 1.807) is 0 Å². The second-order valence-corrected chi connectivity index (χ2v) is 5.35. The Morgan fingerprint density at radius 2 is 2.09 bits per heavy atom. The van der Waals surface area contributed by atoms with Gasteiger partial charge in [0.1, 0.15) is 5.82 Å². The van der Waals surface area contributed by atoms with Crippen LogP contribution < -0.4 is 0 Å². The molecule has 1 aliphatic heterocycles. The first kappa shape index (κ1) is 16.7. The molecular weight excluding hydrogens is 304 g/mol. The molecule has 3 nitrogen and oxygen atoms in total. The van der Waals surface area contributed by atoms with E-state index in [1.165, 1.54) is 0 Å². The smallest absolute Gasteiger partial charge is 0.419 e. The molecule has 0 spiro atoms. The van der Waals surface area contributed by atoms with E-state index < -0.39 is 29.4 Å². The maximum atomic E-state index is 13.3. The summed E-state index contributed by atoms with van der Waals surface area (Å²) in [5, 5.41) is 9.29. The Labute approximate surface area is 124 Å². The van der Waals surface area contributed by atoms with Crippen molar-refractivity contribution in [3.63, 3.8) is 0 Å². The van der Waals surface area contributed by atoms with E-state index in [2.05, 4.69) is 0 Å².